The van der Waals surface area contributed by atoms with E-state index in [1.807, 2.05) is 19.6 Å². The van der Waals surface area contributed by atoms with Crippen molar-refractivity contribution < 1.29 is 5.11 Å². The Kier molecular flexibility index (Phi) is 5.42. The average Bonchev–Trinajstić information content (AvgIpc) is 2.87. The van der Waals surface area contributed by atoms with Crippen LogP contribution >= 0.6 is 19.5 Å². The number of phenols is 1. The number of hydrogen-bond donors (Lipinski definition) is 3. The van der Waals surface area contributed by atoms with Crippen LogP contribution < -0.4 is 16.4 Å². The van der Waals surface area contributed by atoms with Crippen molar-refractivity contribution in [2.75, 3.05) is 11.1 Å². The van der Waals surface area contributed by atoms with Gasteiger partial charge in [0.2, 0.25) is 0 Å². The summed E-state index contributed by atoms with van der Waals surface area (Å²) in [6.45, 7) is 4.01. The summed E-state index contributed by atoms with van der Waals surface area (Å²) in [6, 6.07) is 4.41. The molecule has 2 aromatic rings. The lowest BCUT2D eigenvalue weighted by molar-refractivity contribution is 0.462. The van der Waals surface area contributed by atoms with E-state index in [1.165, 1.54) is 32.1 Å². The first-order valence-corrected chi connectivity index (χ1v) is 10.2. The minimum absolute atomic E-state index is 0.342. The molecule has 6 heteroatoms. The molecule has 4 nitrogen and oxygen atoms in total. The number of nitrogens with zero attached hydrogens (tertiary/aromatic N) is 1. The molecule has 1 saturated carbocycles. The summed E-state index contributed by atoms with van der Waals surface area (Å²) in [5.41, 5.74) is 8.23. The van der Waals surface area contributed by atoms with Crippen molar-refractivity contribution >= 4 is 41.6 Å². The second kappa shape index (κ2) is 7.54. The number of nitrogen functional groups attached to an aromatic ring is 1. The SMILES string of the molecule is Cc1cc(C)c(P=Cc2sc(NC3CCCCC3)nc2N)c(O)c1. The second-order valence-corrected chi connectivity index (χ2v) is 8.45. The highest BCUT2D eigenvalue weighted by atomic mass is 32.1. The molecule has 1 aliphatic carbocycles. The molecule has 4 N–H and O–H groups in total. The highest BCUT2D eigenvalue weighted by Crippen LogP contribution is 2.28. The third kappa shape index (κ3) is 4.08. The van der Waals surface area contributed by atoms with E-state index in [1.54, 1.807) is 17.4 Å². The Morgan fingerprint density at radius 3 is 2.75 bits per heavy atom. The minimum atomic E-state index is 0.342. The molecule has 1 heterocycles. The molecule has 0 atom stereocenters. The number of benzene rings is 1. The number of hydrogen-bond acceptors (Lipinski definition) is 5. The largest absolute Gasteiger partial charge is 0.507 e. The van der Waals surface area contributed by atoms with Crippen LogP contribution in [0.4, 0.5) is 10.9 Å². The van der Waals surface area contributed by atoms with E-state index in [0.717, 1.165) is 34.6 Å². The normalized spacial score (nSPS) is 15.9. The number of phenolic OH excluding ortho intramolecular Hbond substituents is 1. The van der Waals surface area contributed by atoms with Crippen LogP contribution in [0.2, 0.25) is 0 Å². The first-order valence-electron chi connectivity index (χ1n) is 8.40. The van der Waals surface area contributed by atoms with Gasteiger partial charge in [0.05, 0.1) is 4.88 Å². The summed E-state index contributed by atoms with van der Waals surface area (Å²) in [4.78, 5) is 5.43. The molecule has 0 aliphatic heterocycles. The summed E-state index contributed by atoms with van der Waals surface area (Å²) in [5, 5.41) is 15.5. The van der Waals surface area contributed by atoms with Gasteiger partial charge in [0.15, 0.2) is 5.13 Å². The lowest BCUT2D eigenvalue weighted by Crippen LogP contribution is -2.21. The van der Waals surface area contributed by atoms with Crippen molar-refractivity contribution in [1.29, 1.82) is 0 Å². The van der Waals surface area contributed by atoms with Crippen LogP contribution in [-0.4, -0.2) is 21.9 Å². The van der Waals surface area contributed by atoms with E-state index in [0.29, 0.717) is 17.6 Å². The van der Waals surface area contributed by atoms with E-state index >= 15 is 0 Å². The van der Waals surface area contributed by atoms with Crippen molar-refractivity contribution in [3.8, 4) is 5.75 Å². The molecule has 1 aliphatic rings. The van der Waals surface area contributed by atoms with Crippen LogP contribution in [0.15, 0.2) is 12.1 Å². The van der Waals surface area contributed by atoms with Crippen molar-refractivity contribution in [3.05, 3.63) is 28.1 Å². The van der Waals surface area contributed by atoms with Gasteiger partial charge < -0.3 is 16.2 Å². The monoisotopic (exact) mass is 361 g/mol. The van der Waals surface area contributed by atoms with Crippen molar-refractivity contribution in [2.24, 2.45) is 0 Å². The van der Waals surface area contributed by atoms with Gasteiger partial charge in [-0.05, 0) is 49.7 Å². The van der Waals surface area contributed by atoms with Gasteiger partial charge in [0, 0.05) is 11.3 Å². The zero-order chi connectivity index (χ0) is 17.1. The molecule has 3 rings (SSSR count). The molecule has 128 valence electrons. The molecule has 0 amide bonds. The number of aromatic hydroxyl groups is 1. The van der Waals surface area contributed by atoms with Crippen LogP contribution in [0.1, 0.15) is 48.1 Å². The zero-order valence-electron chi connectivity index (χ0n) is 14.2. The van der Waals surface area contributed by atoms with Gasteiger partial charge >= 0.3 is 0 Å². The van der Waals surface area contributed by atoms with Gasteiger partial charge in [-0.1, -0.05) is 44.9 Å². The molecule has 1 aromatic heterocycles. The van der Waals surface area contributed by atoms with Crippen molar-refractivity contribution in [3.63, 3.8) is 0 Å². The van der Waals surface area contributed by atoms with Crippen LogP contribution in [0, 0.1) is 13.8 Å². The number of nitrogens with one attached hydrogen (secondary N) is 1. The predicted octanol–water partition coefficient (Wildman–Crippen LogP) is 4.21. The Morgan fingerprint density at radius 1 is 1.29 bits per heavy atom. The molecular weight excluding hydrogens is 337 g/mol. The Morgan fingerprint density at radius 2 is 2.04 bits per heavy atom. The van der Waals surface area contributed by atoms with Crippen molar-refractivity contribution in [1.82, 2.24) is 4.98 Å². The quantitative estimate of drug-likeness (QED) is 0.713. The highest BCUT2D eigenvalue weighted by molar-refractivity contribution is 7.49. The fraction of sp³-hybridized carbons (Fsp3) is 0.444. The maximum Gasteiger partial charge on any atom is 0.185 e. The summed E-state index contributed by atoms with van der Waals surface area (Å²) in [7, 11) is 0.939. The second-order valence-electron chi connectivity index (χ2n) is 6.46. The minimum Gasteiger partial charge on any atom is -0.507 e. The lowest BCUT2D eigenvalue weighted by Gasteiger charge is -2.22. The molecule has 0 unspecified atom stereocenters. The molecule has 1 aromatic carbocycles. The summed E-state index contributed by atoms with van der Waals surface area (Å²) in [6.07, 6.45) is 6.36. The number of aryl methyl sites for hydroxylation is 2. The summed E-state index contributed by atoms with van der Waals surface area (Å²) in [5.74, 6) is 2.94. The number of anilines is 2. The summed E-state index contributed by atoms with van der Waals surface area (Å²) < 4.78 is 0. The van der Waals surface area contributed by atoms with Gasteiger partial charge in [0.25, 0.3) is 0 Å². The zero-order valence-corrected chi connectivity index (χ0v) is 15.9. The molecule has 1 fully saturated rings. The number of thiazole rings is 1. The molecular formula is C18H24N3OPS. The summed E-state index contributed by atoms with van der Waals surface area (Å²) >= 11 is 1.60. The molecule has 0 bridgehead atoms. The van der Waals surface area contributed by atoms with E-state index in [9.17, 15) is 5.11 Å². The van der Waals surface area contributed by atoms with Crippen LogP contribution in [0.25, 0.3) is 0 Å². The van der Waals surface area contributed by atoms with Gasteiger partial charge in [0.1, 0.15) is 11.6 Å². The van der Waals surface area contributed by atoms with E-state index < -0.39 is 0 Å². The maximum atomic E-state index is 10.2. The van der Waals surface area contributed by atoms with Gasteiger partial charge in [-0.25, -0.2) is 4.98 Å². The van der Waals surface area contributed by atoms with E-state index in [-0.39, 0.29) is 0 Å². The Balaban J connectivity index is 1.76. The Labute approximate surface area is 148 Å². The highest BCUT2D eigenvalue weighted by Gasteiger charge is 2.15. The van der Waals surface area contributed by atoms with Crippen LogP contribution in [-0.2, 0) is 0 Å². The fourth-order valence-corrected chi connectivity index (χ4v) is 5.09. The van der Waals surface area contributed by atoms with Crippen LogP contribution in [0.3, 0.4) is 0 Å². The van der Waals surface area contributed by atoms with Gasteiger partial charge in [-0.2, -0.15) is 0 Å². The maximum absolute atomic E-state index is 10.2. The lowest BCUT2D eigenvalue weighted by atomic mass is 9.96. The average molecular weight is 361 g/mol. The number of nitrogens with two attached hydrogens (primary N) is 1. The molecule has 0 radical (unpaired) electrons. The Bertz CT molecular complexity index is 728. The predicted molar refractivity (Wildman–Crippen MR) is 106 cm³/mol. The number of rotatable bonds is 4. The van der Waals surface area contributed by atoms with Gasteiger partial charge in [-0.15, -0.1) is 0 Å². The fourth-order valence-electron chi connectivity index (χ4n) is 3.15. The van der Waals surface area contributed by atoms with E-state index in [2.05, 4.69) is 16.4 Å². The smallest absolute Gasteiger partial charge is 0.185 e. The molecule has 0 saturated heterocycles. The topological polar surface area (TPSA) is 71.2 Å². The third-order valence-electron chi connectivity index (χ3n) is 4.35. The molecule has 24 heavy (non-hydrogen) atoms. The third-order valence-corrected chi connectivity index (χ3v) is 6.70. The standard InChI is InChI=1S/C18H24N3OPS/c1-11-8-12(2)16(14(22)9-11)23-10-15-17(19)21-18(24-15)20-13-6-4-3-5-7-13/h8-10,13,22H,3-7,19H2,1-2H3,(H,20,21). The van der Waals surface area contributed by atoms with Gasteiger partial charge in [-0.3, -0.25) is 0 Å². The van der Waals surface area contributed by atoms with E-state index in [4.69, 9.17) is 5.73 Å². The van der Waals surface area contributed by atoms with Crippen LogP contribution in [0.5, 0.6) is 5.75 Å². The first-order chi connectivity index (χ1) is 11.5. The molecule has 0 spiro atoms. The first kappa shape index (κ1) is 17.2. The number of aromatic nitrogens is 1. The Hall–Kier alpha value is -1.58. The van der Waals surface area contributed by atoms with Crippen molar-refractivity contribution in [2.45, 2.75) is 52.0 Å².